The molecule has 0 saturated heterocycles. The molecule has 1 heterocycles. The second kappa shape index (κ2) is 11.7. The van der Waals surface area contributed by atoms with Crippen molar-refractivity contribution in [1.82, 2.24) is 14.9 Å². The molecule has 0 spiro atoms. The van der Waals surface area contributed by atoms with Gasteiger partial charge in [0.25, 0.3) is 5.91 Å². The molecular weight excluding hydrogens is 464 g/mol. The lowest BCUT2D eigenvalue weighted by molar-refractivity contribution is -0.113. The number of ether oxygens (including phenoxy) is 1. The Labute approximate surface area is 208 Å². The molecule has 0 bridgehead atoms. The number of carbonyl (C=O) groups is 2. The number of nitrogens with zero attached hydrogens (tertiary/aromatic N) is 3. The Balaban J connectivity index is 1.35. The van der Waals surface area contributed by atoms with E-state index < -0.39 is 0 Å². The Morgan fingerprint density at radius 2 is 1.80 bits per heavy atom. The molecule has 1 aromatic heterocycles. The average molecular weight is 495 g/mol. The van der Waals surface area contributed by atoms with Crippen molar-refractivity contribution in [2.45, 2.75) is 50.1 Å². The minimum atomic E-state index is -0.323. The molecule has 1 saturated carbocycles. The Bertz CT molecular complexity index is 1160. The topological polar surface area (TPSA) is 124 Å². The summed E-state index contributed by atoms with van der Waals surface area (Å²) in [5.41, 5.74) is 1.42. The number of rotatable bonds is 9. The van der Waals surface area contributed by atoms with Gasteiger partial charge in [0.2, 0.25) is 11.1 Å². The van der Waals surface area contributed by atoms with Crippen LogP contribution in [0.25, 0.3) is 0 Å². The van der Waals surface area contributed by atoms with Gasteiger partial charge in [0.05, 0.1) is 23.6 Å². The summed E-state index contributed by atoms with van der Waals surface area (Å²) in [5, 5.41) is 14.6. The van der Waals surface area contributed by atoms with Crippen LogP contribution in [0.1, 0.15) is 61.1 Å². The maximum Gasteiger partial charge on any atom is 0.257 e. The zero-order valence-corrected chi connectivity index (χ0v) is 20.5. The highest BCUT2D eigenvalue weighted by Gasteiger charge is 2.23. The summed E-state index contributed by atoms with van der Waals surface area (Å²) < 4.78 is 6.93. The molecule has 4 rings (SSSR count). The van der Waals surface area contributed by atoms with E-state index in [0.717, 1.165) is 24.4 Å². The SMILES string of the molecule is CCOc1ccc(NC(=O)c2ccccc2NC(=O)CSc2nnc(C3CCCCC3)n2N)cc1. The zero-order valence-electron chi connectivity index (χ0n) is 19.7. The lowest BCUT2D eigenvalue weighted by Gasteiger charge is -2.20. The molecule has 1 fully saturated rings. The number of anilines is 2. The number of hydrogen-bond donors (Lipinski definition) is 3. The molecule has 0 atom stereocenters. The van der Waals surface area contributed by atoms with E-state index in [1.165, 1.54) is 35.7 Å². The van der Waals surface area contributed by atoms with E-state index in [9.17, 15) is 9.59 Å². The van der Waals surface area contributed by atoms with E-state index >= 15 is 0 Å². The normalized spacial score (nSPS) is 13.9. The summed E-state index contributed by atoms with van der Waals surface area (Å²) in [6.07, 6.45) is 5.73. The Hall–Kier alpha value is -3.53. The van der Waals surface area contributed by atoms with Gasteiger partial charge in [0.15, 0.2) is 5.82 Å². The van der Waals surface area contributed by atoms with Crippen molar-refractivity contribution in [3.8, 4) is 5.75 Å². The number of para-hydroxylation sites is 1. The maximum atomic E-state index is 12.9. The third-order valence-corrected chi connectivity index (χ3v) is 6.81. The molecule has 10 heteroatoms. The number of nitrogens with one attached hydrogen (secondary N) is 2. The van der Waals surface area contributed by atoms with E-state index in [-0.39, 0.29) is 17.6 Å². The summed E-state index contributed by atoms with van der Waals surface area (Å²) in [7, 11) is 0. The fraction of sp³-hybridized carbons (Fsp3) is 0.360. The van der Waals surface area contributed by atoms with Crippen molar-refractivity contribution < 1.29 is 14.3 Å². The molecule has 4 N–H and O–H groups in total. The average Bonchev–Trinajstić information content (AvgIpc) is 3.25. The van der Waals surface area contributed by atoms with Crippen molar-refractivity contribution in [2.24, 2.45) is 0 Å². The standard InChI is InChI=1S/C25H30N6O3S/c1-2-34-19-14-12-18(13-15-19)27-24(33)20-10-6-7-11-21(20)28-22(32)16-35-25-30-29-23(31(25)26)17-8-4-3-5-9-17/h6-7,10-15,17H,2-5,8-9,16,26H2,1H3,(H,27,33)(H,28,32). The van der Waals surface area contributed by atoms with Gasteiger partial charge in [0.1, 0.15) is 5.75 Å². The molecule has 35 heavy (non-hydrogen) atoms. The fourth-order valence-corrected chi connectivity index (χ4v) is 4.80. The smallest absolute Gasteiger partial charge is 0.257 e. The lowest BCUT2D eigenvalue weighted by atomic mass is 9.89. The van der Waals surface area contributed by atoms with E-state index in [2.05, 4.69) is 20.8 Å². The Morgan fingerprint density at radius 1 is 1.06 bits per heavy atom. The van der Waals surface area contributed by atoms with Gasteiger partial charge in [-0.25, -0.2) is 4.68 Å². The summed E-state index contributed by atoms with van der Waals surface area (Å²) >= 11 is 1.22. The van der Waals surface area contributed by atoms with Gasteiger partial charge < -0.3 is 21.2 Å². The second-order valence-electron chi connectivity index (χ2n) is 8.34. The predicted octanol–water partition coefficient (Wildman–Crippen LogP) is 4.42. The minimum Gasteiger partial charge on any atom is -0.494 e. The van der Waals surface area contributed by atoms with Crippen LogP contribution in [0.2, 0.25) is 0 Å². The van der Waals surface area contributed by atoms with Crippen LogP contribution in [-0.2, 0) is 4.79 Å². The molecule has 1 aliphatic carbocycles. The molecule has 0 unspecified atom stereocenters. The largest absolute Gasteiger partial charge is 0.494 e. The molecule has 3 aromatic rings. The van der Waals surface area contributed by atoms with Gasteiger partial charge >= 0.3 is 0 Å². The first-order chi connectivity index (χ1) is 17.0. The summed E-state index contributed by atoms with van der Waals surface area (Å²) in [6, 6.07) is 14.0. The third-order valence-electron chi connectivity index (χ3n) is 5.86. The Kier molecular flexibility index (Phi) is 8.25. The highest BCUT2D eigenvalue weighted by Crippen LogP contribution is 2.32. The molecule has 9 nitrogen and oxygen atoms in total. The van der Waals surface area contributed by atoms with E-state index in [0.29, 0.717) is 34.6 Å². The van der Waals surface area contributed by atoms with Crippen LogP contribution >= 0.6 is 11.8 Å². The maximum absolute atomic E-state index is 12.9. The van der Waals surface area contributed by atoms with Gasteiger partial charge in [0, 0.05) is 11.6 Å². The molecule has 2 aromatic carbocycles. The number of carbonyl (C=O) groups excluding carboxylic acids is 2. The molecule has 1 aliphatic rings. The lowest BCUT2D eigenvalue weighted by Crippen LogP contribution is -2.21. The number of hydrogen-bond acceptors (Lipinski definition) is 7. The summed E-state index contributed by atoms with van der Waals surface area (Å²) in [6.45, 7) is 2.48. The zero-order chi connectivity index (χ0) is 24.6. The van der Waals surface area contributed by atoms with Crippen molar-refractivity contribution in [3.05, 3.63) is 59.9 Å². The molecule has 184 valence electrons. The number of nitrogen functional groups attached to an aromatic ring is 1. The van der Waals surface area contributed by atoms with E-state index in [1.54, 1.807) is 48.5 Å². The molecule has 0 aliphatic heterocycles. The first kappa shape index (κ1) is 24.6. The van der Waals surface area contributed by atoms with Gasteiger partial charge in [-0.15, -0.1) is 10.2 Å². The van der Waals surface area contributed by atoms with Crippen molar-refractivity contribution in [3.63, 3.8) is 0 Å². The van der Waals surface area contributed by atoms with Crippen LogP contribution in [0.4, 0.5) is 11.4 Å². The predicted molar refractivity (Wildman–Crippen MR) is 137 cm³/mol. The van der Waals surface area contributed by atoms with Gasteiger partial charge in [-0.3, -0.25) is 9.59 Å². The second-order valence-corrected chi connectivity index (χ2v) is 9.28. The van der Waals surface area contributed by atoms with Crippen LogP contribution in [0, 0.1) is 0 Å². The summed E-state index contributed by atoms with van der Waals surface area (Å²) in [5.74, 6) is 7.56. The monoisotopic (exact) mass is 494 g/mol. The third kappa shape index (κ3) is 6.33. The highest BCUT2D eigenvalue weighted by atomic mass is 32.2. The molecule has 0 radical (unpaired) electrons. The van der Waals surface area contributed by atoms with Crippen LogP contribution < -0.4 is 21.2 Å². The van der Waals surface area contributed by atoms with E-state index in [1.807, 2.05) is 6.92 Å². The van der Waals surface area contributed by atoms with Crippen LogP contribution in [0.3, 0.4) is 0 Å². The Morgan fingerprint density at radius 3 is 2.54 bits per heavy atom. The van der Waals surface area contributed by atoms with Crippen LogP contribution in [-0.4, -0.2) is 39.0 Å². The summed E-state index contributed by atoms with van der Waals surface area (Å²) in [4.78, 5) is 25.5. The van der Waals surface area contributed by atoms with Gasteiger partial charge in [-0.05, 0) is 56.2 Å². The highest BCUT2D eigenvalue weighted by molar-refractivity contribution is 7.99. The first-order valence-corrected chi connectivity index (χ1v) is 12.8. The number of amides is 2. The quantitative estimate of drug-likeness (QED) is 0.297. The first-order valence-electron chi connectivity index (χ1n) is 11.8. The molecule has 2 amide bonds. The van der Waals surface area contributed by atoms with Crippen molar-refractivity contribution >= 4 is 35.0 Å². The van der Waals surface area contributed by atoms with Gasteiger partial charge in [-0.1, -0.05) is 43.2 Å². The minimum absolute atomic E-state index is 0.0921. The van der Waals surface area contributed by atoms with Crippen molar-refractivity contribution in [1.29, 1.82) is 0 Å². The van der Waals surface area contributed by atoms with E-state index in [4.69, 9.17) is 10.6 Å². The van der Waals surface area contributed by atoms with Crippen LogP contribution in [0.15, 0.2) is 53.7 Å². The number of nitrogens with two attached hydrogens (primary N) is 1. The number of aromatic nitrogens is 3. The molecular formula is C25H30N6O3S. The van der Waals surface area contributed by atoms with Crippen molar-refractivity contribution in [2.75, 3.05) is 28.8 Å². The number of thioether (sulfide) groups is 1. The van der Waals surface area contributed by atoms with Crippen LogP contribution in [0.5, 0.6) is 5.75 Å². The fourth-order valence-electron chi connectivity index (χ4n) is 4.13. The number of benzene rings is 2. The van der Waals surface area contributed by atoms with Gasteiger partial charge in [-0.2, -0.15) is 0 Å².